The fourth-order valence-corrected chi connectivity index (χ4v) is 6.78. The molecule has 45 heavy (non-hydrogen) atoms. The highest BCUT2D eigenvalue weighted by Crippen LogP contribution is 2.34. The second-order valence-corrected chi connectivity index (χ2v) is 13.9. The van der Waals surface area contributed by atoms with E-state index < -0.39 is 0 Å². The van der Waals surface area contributed by atoms with E-state index in [0.29, 0.717) is 13.2 Å². The molecule has 0 radical (unpaired) electrons. The third kappa shape index (κ3) is 11.1. The lowest BCUT2D eigenvalue weighted by Gasteiger charge is -2.37. The molecule has 0 amide bonds. The highest BCUT2D eigenvalue weighted by molar-refractivity contribution is 5.86. The van der Waals surface area contributed by atoms with E-state index in [0.717, 1.165) is 55.5 Å². The Morgan fingerprint density at radius 2 is 1.64 bits per heavy atom. The zero-order chi connectivity index (χ0) is 31.9. The fraction of sp³-hybridized carbons (Fsp3) is 0.600. The van der Waals surface area contributed by atoms with Crippen molar-refractivity contribution >= 4 is 16.9 Å². The summed E-state index contributed by atoms with van der Waals surface area (Å²) < 4.78 is 9.17. The Hall–Kier alpha value is -2.92. The number of nitrogens with zero attached hydrogens (tertiary/aromatic N) is 3. The highest BCUT2D eigenvalue weighted by Gasteiger charge is 2.34. The molecule has 0 bridgehead atoms. The van der Waals surface area contributed by atoms with Gasteiger partial charge in [-0.25, -0.2) is 0 Å². The van der Waals surface area contributed by atoms with Gasteiger partial charge < -0.3 is 9.30 Å². The van der Waals surface area contributed by atoms with E-state index in [2.05, 4.69) is 72.9 Å². The minimum absolute atomic E-state index is 0.0391. The van der Waals surface area contributed by atoms with Gasteiger partial charge in [0, 0.05) is 53.4 Å². The largest absolute Gasteiger partial charge is 0.415 e. The number of aromatic nitrogens is 2. The molecule has 1 atom stereocenters. The Morgan fingerprint density at radius 3 is 2.36 bits per heavy atom. The molecular weight excluding hydrogens is 554 g/mol. The zero-order valence-corrected chi connectivity index (χ0v) is 28.9. The van der Waals surface area contributed by atoms with Crippen molar-refractivity contribution in [2.75, 3.05) is 20.3 Å². The molecule has 246 valence electrons. The van der Waals surface area contributed by atoms with Crippen LogP contribution in [0.3, 0.4) is 0 Å². The summed E-state index contributed by atoms with van der Waals surface area (Å²) in [5.41, 5.74) is 7.82. The number of aryl methyl sites for hydroxylation is 4. The molecule has 3 heterocycles. The van der Waals surface area contributed by atoms with Crippen LogP contribution in [0.2, 0.25) is 0 Å². The molecule has 5 nitrogen and oxygen atoms in total. The van der Waals surface area contributed by atoms with Crippen LogP contribution in [-0.2, 0) is 35.5 Å². The maximum atomic E-state index is 12.7. The van der Waals surface area contributed by atoms with Crippen molar-refractivity contribution in [2.24, 2.45) is 0 Å². The van der Waals surface area contributed by atoms with Gasteiger partial charge in [-0.15, -0.1) is 0 Å². The summed E-state index contributed by atoms with van der Waals surface area (Å²) >= 11 is 0. The first-order chi connectivity index (χ1) is 21.9. The maximum absolute atomic E-state index is 12.7. The van der Waals surface area contributed by atoms with Crippen LogP contribution in [0.25, 0.3) is 10.9 Å². The van der Waals surface area contributed by atoms with Gasteiger partial charge in [-0.05, 0) is 76.1 Å². The van der Waals surface area contributed by atoms with Crippen molar-refractivity contribution in [3.63, 3.8) is 0 Å². The van der Waals surface area contributed by atoms with Gasteiger partial charge in [0.2, 0.25) is 6.73 Å². The molecule has 0 saturated carbocycles. The summed E-state index contributed by atoms with van der Waals surface area (Å²) in [6, 6.07) is 11.2. The van der Waals surface area contributed by atoms with Crippen molar-refractivity contribution in [1.29, 1.82) is 0 Å². The predicted octanol–water partition coefficient (Wildman–Crippen LogP) is 9.94. The number of rotatable bonds is 20. The number of allylic oxidation sites excluding steroid dienone is 2. The first-order valence-corrected chi connectivity index (χ1v) is 18.0. The second kappa shape index (κ2) is 18.3. The molecule has 0 N–H and O–H groups in total. The molecule has 0 aliphatic carbocycles. The Labute approximate surface area is 273 Å². The summed E-state index contributed by atoms with van der Waals surface area (Å²) in [6.45, 7) is 9.77. The lowest BCUT2D eigenvalue weighted by atomic mass is 10.0. The molecule has 5 heteroatoms. The summed E-state index contributed by atoms with van der Waals surface area (Å²) in [4.78, 5) is 17.2. The molecule has 0 saturated heterocycles. The number of pyridine rings is 1. The van der Waals surface area contributed by atoms with E-state index in [1.165, 1.54) is 104 Å². The van der Waals surface area contributed by atoms with Crippen molar-refractivity contribution in [1.82, 2.24) is 9.55 Å². The Kier molecular flexibility index (Phi) is 14.2. The van der Waals surface area contributed by atoms with Crippen molar-refractivity contribution in [2.45, 2.75) is 137 Å². The highest BCUT2D eigenvalue weighted by atomic mass is 16.5. The normalized spacial score (nSPS) is 16.4. The maximum Gasteiger partial charge on any atom is 0.310 e. The van der Waals surface area contributed by atoms with Crippen LogP contribution in [0.5, 0.6) is 0 Å². The molecule has 2 aromatic heterocycles. The van der Waals surface area contributed by atoms with Crippen LogP contribution >= 0.6 is 0 Å². The van der Waals surface area contributed by atoms with Gasteiger partial charge in [0.1, 0.15) is 6.54 Å². The number of quaternary nitrogens is 1. The number of likely N-dealkylation sites (N-methyl/N-ethyl adjacent to an activating group) is 1. The third-order valence-electron chi connectivity index (χ3n) is 9.65. The van der Waals surface area contributed by atoms with Crippen molar-refractivity contribution in [3.8, 4) is 0 Å². The molecule has 1 aromatic carbocycles. The first-order valence-electron chi connectivity index (χ1n) is 18.0. The molecule has 1 aliphatic rings. The average Bonchev–Trinajstić information content (AvgIpc) is 3.33. The number of unbranched alkanes of at least 4 members (excludes halogenated alkanes) is 11. The minimum atomic E-state index is -0.0391. The van der Waals surface area contributed by atoms with Crippen LogP contribution < -0.4 is 0 Å². The van der Waals surface area contributed by atoms with Crippen molar-refractivity contribution < 1.29 is 14.0 Å². The summed E-state index contributed by atoms with van der Waals surface area (Å²) in [5, 5.41) is 1.36. The quantitative estimate of drug-likeness (QED) is 0.0551. The minimum Gasteiger partial charge on any atom is -0.415 e. The molecule has 0 fully saturated rings. The van der Waals surface area contributed by atoms with Gasteiger partial charge in [-0.2, -0.15) is 0 Å². The number of hydrogen-bond acceptors (Lipinski definition) is 3. The number of ether oxygens (including phenoxy) is 1. The van der Waals surface area contributed by atoms with E-state index in [1.54, 1.807) is 0 Å². The van der Waals surface area contributed by atoms with Gasteiger partial charge in [0.15, 0.2) is 0 Å². The van der Waals surface area contributed by atoms with E-state index in [4.69, 9.17) is 4.74 Å². The molecule has 4 rings (SSSR count). The van der Waals surface area contributed by atoms with Crippen molar-refractivity contribution in [3.05, 3.63) is 76.8 Å². The standard InChI is InChI=1S/C40H60N3O2/c1-5-6-7-8-9-10-11-12-13-14-15-16-17-18-19-20-40(44)45-32-43(4)28-26-39-37(31-43)36-29-33(2)21-24-38(36)42(39)27-25-35-23-22-34(3)41-30-35/h12-13,21-24,29-30H,5-11,14-20,25-28,31-32H2,1-4H3/q+1/b13-12+. The topological polar surface area (TPSA) is 44.1 Å². The second-order valence-electron chi connectivity index (χ2n) is 13.9. The van der Waals surface area contributed by atoms with E-state index in [1.807, 2.05) is 13.1 Å². The number of esters is 1. The average molecular weight is 615 g/mol. The Bertz CT molecular complexity index is 1360. The summed E-state index contributed by atoms with van der Waals surface area (Å²) in [5.74, 6) is -0.0391. The molecule has 1 unspecified atom stereocenters. The van der Waals surface area contributed by atoms with Crippen LogP contribution in [0.1, 0.15) is 125 Å². The van der Waals surface area contributed by atoms with Crippen LogP contribution in [0.15, 0.2) is 48.7 Å². The van der Waals surface area contributed by atoms with Gasteiger partial charge >= 0.3 is 5.97 Å². The summed E-state index contributed by atoms with van der Waals surface area (Å²) in [6.07, 6.45) is 25.7. The number of carbonyl (C=O) groups excluding carboxylic acids is 1. The predicted molar refractivity (Wildman–Crippen MR) is 188 cm³/mol. The van der Waals surface area contributed by atoms with Crippen LogP contribution in [0.4, 0.5) is 0 Å². The Morgan fingerprint density at radius 1 is 0.933 bits per heavy atom. The first kappa shape index (κ1) is 34.9. The van der Waals surface area contributed by atoms with Gasteiger partial charge in [0.05, 0.1) is 13.6 Å². The Balaban J connectivity index is 1.16. The fourth-order valence-electron chi connectivity index (χ4n) is 6.78. The SMILES string of the molecule is CCCCCCCC/C=C/CCCCCCCC(=O)OC[N+]1(C)CCc2c(c3cc(C)ccc3n2CCc2ccc(C)nc2)C1. The van der Waals surface area contributed by atoms with E-state index >= 15 is 0 Å². The van der Waals surface area contributed by atoms with Crippen LogP contribution in [-0.4, -0.2) is 40.3 Å². The number of carbonyl (C=O) groups is 1. The van der Waals surface area contributed by atoms with E-state index in [-0.39, 0.29) is 5.97 Å². The molecule has 1 aliphatic heterocycles. The van der Waals surface area contributed by atoms with E-state index in [9.17, 15) is 4.79 Å². The van der Waals surface area contributed by atoms with Gasteiger partial charge in [-0.1, -0.05) is 88.1 Å². The molecular formula is C40H60N3O2+. The number of benzene rings is 1. The lowest BCUT2D eigenvalue weighted by Crippen LogP contribution is -2.49. The summed E-state index contributed by atoms with van der Waals surface area (Å²) in [7, 11) is 2.25. The smallest absolute Gasteiger partial charge is 0.310 e. The van der Waals surface area contributed by atoms with Crippen LogP contribution in [0, 0.1) is 13.8 Å². The number of fused-ring (bicyclic) bond motifs is 3. The molecule has 0 spiro atoms. The third-order valence-corrected chi connectivity index (χ3v) is 9.65. The lowest BCUT2D eigenvalue weighted by molar-refractivity contribution is -0.940. The molecule has 3 aromatic rings. The zero-order valence-electron chi connectivity index (χ0n) is 28.9. The van der Waals surface area contributed by atoms with Gasteiger partial charge in [0.25, 0.3) is 0 Å². The monoisotopic (exact) mass is 614 g/mol. The van der Waals surface area contributed by atoms with Gasteiger partial charge in [-0.3, -0.25) is 14.3 Å². The number of hydrogen-bond donors (Lipinski definition) is 0.